The Morgan fingerprint density at radius 3 is 2.79 bits per heavy atom. The van der Waals surface area contributed by atoms with E-state index in [4.69, 9.17) is 10.5 Å². The molecule has 0 radical (unpaired) electrons. The van der Waals surface area contributed by atoms with Gasteiger partial charge in [-0.25, -0.2) is 0 Å². The van der Waals surface area contributed by atoms with Crippen molar-refractivity contribution in [2.45, 2.75) is 26.3 Å². The number of halogens is 1. The summed E-state index contributed by atoms with van der Waals surface area (Å²) in [6.45, 7) is 4.78. The molecule has 2 nitrogen and oxygen atoms in total. The van der Waals surface area contributed by atoms with E-state index in [0.29, 0.717) is 0 Å². The van der Waals surface area contributed by atoms with Gasteiger partial charge in [-0.15, -0.1) is 0 Å². The number of hydrogen-bond donors (Lipinski definition) is 1. The third kappa shape index (κ3) is 3.00. The summed E-state index contributed by atoms with van der Waals surface area (Å²) in [6.07, 6.45) is 1.01. The highest BCUT2D eigenvalue weighted by atomic mass is 79.9. The summed E-state index contributed by atoms with van der Waals surface area (Å²) >= 11 is 3.42. The van der Waals surface area contributed by atoms with Gasteiger partial charge >= 0.3 is 0 Å². The topological polar surface area (TPSA) is 35.2 Å². The van der Waals surface area contributed by atoms with E-state index in [0.717, 1.165) is 28.8 Å². The maximum atomic E-state index is 5.85. The lowest BCUT2D eigenvalue weighted by Gasteiger charge is -2.13. The molecule has 0 aliphatic heterocycles. The van der Waals surface area contributed by atoms with Crippen LogP contribution < -0.4 is 10.5 Å². The molecule has 0 spiro atoms. The maximum Gasteiger partial charge on any atom is 0.124 e. The van der Waals surface area contributed by atoms with Crippen LogP contribution in [0.5, 0.6) is 5.75 Å². The number of rotatable bonds is 4. The first-order chi connectivity index (χ1) is 6.65. The van der Waals surface area contributed by atoms with Gasteiger partial charge in [0.15, 0.2) is 0 Å². The molecule has 0 amide bonds. The van der Waals surface area contributed by atoms with E-state index in [9.17, 15) is 0 Å². The van der Waals surface area contributed by atoms with E-state index in [1.165, 1.54) is 0 Å². The van der Waals surface area contributed by atoms with Crippen molar-refractivity contribution in [2.75, 3.05) is 6.61 Å². The predicted molar refractivity (Wildman–Crippen MR) is 62.5 cm³/mol. The van der Waals surface area contributed by atoms with Gasteiger partial charge in [-0.3, -0.25) is 0 Å². The molecule has 0 bridgehead atoms. The Bertz CT molecular complexity index is 299. The summed E-state index contributed by atoms with van der Waals surface area (Å²) in [5, 5.41) is 0. The summed E-state index contributed by atoms with van der Waals surface area (Å²) in [6, 6.07) is 5.93. The van der Waals surface area contributed by atoms with Gasteiger partial charge in [0.1, 0.15) is 5.75 Å². The molecule has 1 rings (SSSR count). The first-order valence-corrected chi connectivity index (χ1v) is 5.62. The van der Waals surface area contributed by atoms with E-state index in [-0.39, 0.29) is 6.04 Å². The maximum absolute atomic E-state index is 5.85. The van der Waals surface area contributed by atoms with Gasteiger partial charge in [0.2, 0.25) is 0 Å². The average Bonchev–Trinajstić information content (AvgIpc) is 2.15. The fraction of sp³-hybridized carbons (Fsp3) is 0.455. The number of ether oxygens (including phenoxy) is 1. The van der Waals surface area contributed by atoms with Crippen molar-refractivity contribution in [2.24, 2.45) is 5.73 Å². The van der Waals surface area contributed by atoms with Crippen molar-refractivity contribution in [3.05, 3.63) is 28.2 Å². The van der Waals surface area contributed by atoms with E-state index < -0.39 is 0 Å². The minimum absolute atomic E-state index is 0.000596. The second-order valence-electron chi connectivity index (χ2n) is 3.32. The first-order valence-electron chi connectivity index (χ1n) is 4.83. The summed E-state index contributed by atoms with van der Waals surface area (Å²) in [5.41, 5.74) is 6.90. The molecule has 1 atom stereocenters. The molecule has 14 heavy (non-hydrogen) atoms. The smallest absolute Gasteiger partial charge is 0.124 e. The van der Waals surface area contributed by atoms with Crippen LogP contribution in [0.1, 0.15) is 31.9 Å². The molecule has 1 aromatic carbocycles. The molecule has 0 unspecified atom stereocenters. The molecule has 0 saturated carbocycles. The van der Waals surface area contributed by atoms with Gasteiger partial charge in [0, 0.05) is 16.1 Å². The van der Waals surface area contributed by atoms with Gasteiger partial charge in [0.25, 0.3) is 0 Å². The Labute approximate surface area is 93.6 Å². The predicted octanol–water partition coefficient (Wildman–Crippen LogP) is 3.26. The number of nitrogens with two attached hydrogens (primary N) is 1. The standard InChI is InChI=1S/C11H16BrNO/c1-3-6-14-11-5-4-9(12)7-10(11)8(2)13/h4-5,7-8H,3,6,13H2,1-2H3/t8-/m1/s1. The first kappa shape index (κ1) is 11.5. The third-order valence-electron chi connectivity index (χ3n) is 1.92. The van der Waals surface area contributed by atoms with Crippen molar-refractivity contribution in [1.29, 1.82) is 0 Å². The average molecular weight is 258 g/mol. The van der Waals surface area contributed by atoms with Crippen LogP contribution in [0.3, 0.4) is 0 Å². The molecule has 0 aromatic heterocycles. The second-order valence-corrected chi connectivity index (χ2v) is 4.23. The van der Waals surface area contributed by atoms with Crippen LogP contribution in [0.2, 0.25) is 0 Å². The Morgan fingerprint density at radius 1 is 1.50 bits per heavy atom. The van der Waals surface area contributed by atoms with E-state index in [1.54, 1.807) is 0 Å². The Kier molecular flexibility index (Phi) is 4.42. The Hall–Kier alpha value is -0.540. The lowest BCUT2D eigenvalue weighted by molar-refractivity contribution is 0.312. The Morgan fingerprint density at radius 2 is 2.21 bits per heavy atom. The summed E-state index contributed by atoms with van der Waals surface area (Å²) in [5.74, 6) is 0.894. The number of benzene rings is 1. The largest absolute Gasteiger partial charge is 0.493 e. The lowest BCUT2D eigenvalue weighted by atomic mass is 10.1. The monoisotopic (exact) mass is 257 g/mol. The van der Waals surface area contributed by atoms with Gasteiger partial charge in [-0.05, 0) is 31.5 Å². The van der Waals surface area contributed by atoms with Gasteiger partial charge in [-0.2, -0.15) is 0 Å². The molecular weight excluding hydrogens is 242 g/mol. The Balaban J connectivity index is 2.90. The second kappa shape index (κ2) is 5.37. The number of hydrogen-bond acceptors (Lipinski definition) is 2. The van der Waals surface area contributed by atoms with Crippen molar-refractivity contribution in [3.63, 3.8) is 0 Å². The van der Waals surface area contributed by atoms with E-state index in [2.05, 4.69) is 22.9 Å². The zero-order valence-electron chi connectivity index (χ0n) is 8.59. The summed E-state index contributed by atoms with van der Waals surface area (Å²) in [7, 11) is 0. The molecule has 0 aliphatic rings. The minimum atomic E-state index is -0.000596. The zero-order valence-corrected chi connectivity index (χ0v) is 10.2. The van der Waals surface area contributed by atoms with Crippen molar-refractivity contribution in [3.8, 4) is 5.75 Å². The summed E-state index contributed by atoms with van der Waals surface area (Å²) in [4.78, 5) is 0. The lowest BCUT2D eigenvalue weighted by Crippen LogP contribution is -2.08. The molecule has 0 heterocycles. The van der Waals surface area contributed by atoms with Crippen LogP contribution in [0.25, 0.3) is 0 Å². The highest BCUT2D eigenvalue weighted by molar-refractivity contribution is 9.10. The van der Waals surface area contributed by atoms with Crippen LogP contribution in [0, 0.1) is 0 Å². The fourth-order valence-corrected chi connectivity index (χ4v) is 1.60. The van der Waals surface area contributed by atoms with Gasteiger partial charge < -0.3 is 10.5 Å². The highest BCUT2D eigenvalue weighted by Gasteiger charge is 2.08. The normalized spacial score (nSPS) is 12.6. The third-order valence-corrected chi connectivity index (χ3v) is 2.42. The van der Waals surface area contributed by atoms with Crippen LogP contribution >= 0.6 is 15.9 Å². The SMILES string of the molecule is CCCOc1ccc(Br)cc1[C@@H](C)N. The van der Waals surface area contributed by atoms with Crippen LogP contribution in [-0.2, 0) is 0 Å². The van der Waals surface area contributed by atoms with Gasteiger partial charge in [-0.1, -0.05) is 22.9 Å². The minimum Gasteiger partial charge on any atom is -0.493 e. The molecule has 1 aromatic rings. The molecule has 0 fully saturated rings. The molecule has 0 saturated heterocycles. The molecule has 0 aliphatic carbocycles. The van der Waals surface area contributed by atoms with Crippen molar-refractivity contribution in [1.82, 2.24) is 0 Å². The van der Waals surface area contributed by atoms with E-state index >= 15 is 0 Å². The molecular formula is C11H16BrNO. The zero-order chi connectivity index (χ0) is 10.6. The van der Waals surface area contributed by atoms with Crippen LogP contribution in [0.4, 0.5) is 0 Å². The van der Waals surface area contributed by atoms with Crippen molar-refractivity contribution >= 4 is 15.9 Å². The van der Waals surface area contributed by atoms with Crippen LogP contribution in [-0.4, -0.2) is 6.61 Å². The molecule has 2 N–H and O–H groups in total. The summed E-state index contributed by atoms with van der Waals surface area (Å²) < 4.78 is 6.64. The van der Waals surface area contributed by atoms with E-state index in [1.807, 2.05) is 25.1 Å². The highest BCUT2D eigenvalue weighted by Crippen LogP contribution is 2.27. The van der Waals surface area contributed by atoms with Crippen LogP contribution in [0.15, 0.2) is 22.7 Å². The van der Waals surface area contributed by atoms with Gasteiger partial charge in [0.05, 0.1) is 6.61 Å². The fourth-order valence-electron chi connectivity index (χ4n) is 1.22. The molecule has 78 valence electrons. The quantitative estimate of drug-likeness (QED) is 0.899. The van der Waals surface area contributed by atoms with Crippen molar-refractivity contribution < 1.29 is 4.74 Å². The molecule has 3 heteroatoms.